The van der Waals surface area contributed by atoms with E-state index in [-0.39, 0.29) is 18.5 Å². The monoisotopic (exact) mass is 264 g/mol. The summed E-state index contributed by atoms with van der Waals surface area (Å²) >= 11 is 0. The van der Waals surface area contributed by atoms with E-state index in [2.05, 4.69) is 0 Å². The Hall–Kier alpha value is -1.39. The molecule has 2 atom stereocenters. The van der Waals surface area contributed by atoms with Crippen molar-refractivity contribution in [3.8, 4) is 5.75 Å². The Balaban J connectivity index is 2.17. The van der Waals surface area contributed by atoms with E-state index in [4.69, 9.17) is 9.47 Å². The minimum atomic E-state index is -0.791. The van der Waals surface area contributed by atoms with Gasteiger partial charge in [0.15, 0.2) is 6.79 Å². The van der Waals surface area contributed by atoms with E-state index in [1.54, 1.807) is 19.2 Å². The first-order valence-corrected chi connectivity index (χ1v) is 6.65. The van der Waals surface area contributed by atoms with Crippen LogP contribution in [0.1, 0.15) is 37.4 Å². The number of carbonyl (C=O) groups excluding carboxylic acids is 1. The van der Waals surface area contributed by atoms with E-state index in [1.807, 2.05) is 12.1 Å². The van der Waals surface area contributed by atoms with Crippen molar-refractivity contribution in [3.05, 3.63) is 29.8 Å². The van der Waals surface area contributed by atoms with Crippen molar-refractivity contribution >= 4 is 5.78 Å². The Morgan fingerprint density at radius 1 is 1.37 bits per heavy atom. The van der Waals surface area contributed by atoms with Gasteiger partial charge in [-0.25, -0.2) is 0 Å². The van der Waals surface area contributed by atoms with Crippen LogP contribution in [0.2, 0.25) is 0 Å². The summed E-state index contributed by atoms with van der Waals surface area (Å²) < 4.78 is 10.3. The Morgan fingerprint density at radius 2 is 2.16 bits per heavy atom. The molecule has 0 heterocycles. The Morgan fingerprint density at radius 3 is 2.89 bits per heavy atom. The zero-order chi connectivity index (χ0) is 13.7. The molecule has 1 fully saturated rings. The van der Waals surface area contributed by atoms with E-state index in [0.717, 1.165) is 19.3 Å². The lowest BCUT2D eigenvalue weighted by atomic mass is 9.81. The number of aliphatic hydroxyl groups is 1. The highest BCUT2D eigenvalue weighted by atomic mass is 16.7. The van der Waals surface area contributed by atoms with Gasteiger partial charge in [0.05, 0.1) is 6.10 Å². The highest BCUT2D eigenvalue weighted by Gasteiger charge is 2.31. The molecule has 0 saturated heterocycles. The second kappa shape index (κ2) is 6.68. The quantitative estimate of drug-likeness (QED) is 0.830. The molecule has 0 amide bonds. The van der Waals surface area contributed by atoms with Crippen molar-refractivity contribution < 1.29 is 19.4 Å². The second-order valence-electron chi connectivity index (χ2n) is 4.85. The molecule has 1 N–H and O–H groups in total. The molecule has 1 saturated carbocycles. The summed E-state index contributed by atoms with van der Waals surface area (Å²) in [7, 11) is 1.55. The number of Topliss-reactive ketones (excluding diaryl/α,β-unsaturated/α-hetero) is 1. The average molecular weight is 264 g/mol. The lowest BCUT2D eigenvalue weighted by Gasteiger charge is -2.26. The summed E-state index contributed by atoms with van der Waals surface area (Å²) in [6.45, 7) is 0.127. The third-order valence-corrected chi connectivity index (χ3v) is 3.55. The number of hydrogen-bond donors (Lipinski definition) is 1. The number of aliphatic hydroxyl groups excluding tert-OH is 1. The van der Waals surface area contributed by atoms with E-state index >= 15 is 0 Å². The maximum Gasteiger partial charge on any atom is 0.188 e. The highest BCUT2D eigenvalue weighted by molar-refractivity contribution is 5.82. The number of carbonyl (C=O) groups is 1. The molecule has 104 valence electrons. The van der Waals surface area contributed by atoms with Crippen LogP contribution in [0, 0.1) is 5.92 Å². The Bertz CT molecular complexity index is 430. The van der Waals surface area contributed by atoms with Gasteiger partial charge in [-0.05, 0) is 18.9 Å². The van der Waals surface area contributed by atoms with Gasteiger partial charge in [0.25, 0.3) is 0 Å². The van der Waals surface area contributed by atoms with Gasteiger partial charge in [-0.15, -0.1) is 0 Å². The van der Waals surface area contributed by atoms with Crippen LogP contribution in [0.3, 0.4) is 0 Å². The van der Waals surface area contributed by atoms with Crippen molar-refractivity contribution in [1.29, 1.82) is 0 Å². The maximum absolute atomic E-state index is 11.9. The molecule has 1 aromatic rings. The number of ether oxygens (including phenoxy) is 2. The summed E-state index contributed by atoms with van der Waals surface area (Å²) in [5.41, 5.74) is 0.666. The van der Waals surface area contributed by atoms with Crippen LogP contribution in [0.5, 0.6) is 5.75 Å². The topological polar surface area (TPSA) is 55.8 Å². The Kier molecular flexibility index (Phi) is 4.93. The van der Waals surface area contributed by atoms with E-state index in [0.29, 0.717) is 17.7 Å². The molecule has 19 heavy (non-hydrogen) atoms. The molecule has 0 aliphatic heterocycles. The normalized spacial score (nSPS) is 21.2. The molecule has 0 radical (unpaired) electrons. The summed E-state index contributed by atoms with van der Waals surface area (Å²) in [4.78, 5) is 11.9. The van der Waals surface area contributed by atoms with Crippen molar-refractivity contribution in [1.82, 2.24) is 0 Å². The summed E-state index contributed by atoms with van der Waals surface area (Å²) in [5.74, 6) is 0.427. The number of methoxy groups -OCH3 is 1. The van der Waals surface area contributed by atoms with Crippen molar-refractivity contribution in [2.24, 2.45) is 5.92 Å². The SMILES string of the molecule is COCOc1ccccc1C(O)C1CCCCC1=O. The van der Waals surface area contributed by atoms with Crippen LogP contribution in [0.25, 0.3) is 0 Å². The first-order chi connectivity index (χ1) is 9.24. The van der Waals surface area contributed by atoms with E-state index < -0.39 is 6.10 Å². The van der Waals surface area contributed by atoms with Gasteiger partial charge in [-0.1, -0.05) is 24.6 Å². The summed E-state index contributed by atoms with van der Waals surface area (Å²) in [6.07, 6.45) is 2.46. The second-order valence-corrected chi connectivity index (χ2v) is 4.85. The van der Waals surface area contributed by atoms with E-state index in [1.165, 1.54) is 0 Å². The standard InChI is InChI=1S/C15H20O4/c1-18-10-19-14-9-5-3-7-12(14)15(17)11-6-2-4-8-13(11)16/h3,5,7,9,11,15,17H,2,4,6,8,10H2,1H3. The molecule has 2 unspecified atom stereocenters. The third-order valence-electron chi connectivity index (χ3n) is 3.55. The smallest absolute Gasteiger partial charge is 0.188 e. The predicted octanol–water partition coefficient (Wildman–Crippen LogP) is 2.46. The third kappa shape index (κ3) is 3.33. The fourth-order valence-corrected chi connectivity index (χ4v) is 2.54. The largest absolute Gasteiger partial charge is 0.467 e. The van der Waals surface area contributed by atoms with Crippen molar-refractivity contribution in [3.63, 3.8) is 0 Å². The molecule has 1 aliphatic rings. The Labute approximate surface area is 113 Å². The van der Waals surface area contributed by atoms with Gasteiger partial charge in [-0.3, -0.25) is 4.79 Å². The van der Waals surface area contributed by atoms with Gasteiger partial charge in [0.2, 0.25) is 0 Å². The van der Waals surface area contributed by atoms with E-state index in [9.17, 15) is 9.90 Å². The zero-order valence-electron chi connectivity index (χ0n) is 11.2. The van der Waals surface area contributed by atoms with Crippen LogP contribution in [0.15, 0.2) is 24.3 Å². The first kappa shape index (κ1) is 14.0. The van der Waals surface area contributed by atoms with Crippen LogP contribution < -0.4 is 4.74 Å². The molecule has 4 nitrogen and oxygen atoms in total. The van der Waals surface area contributed by atoms with Crippen LogP contribution >= 0.6 is 0 Å². The minimum Gasteiger partial charge on any atom is -0.467 e. The molecule has 0 spiro atoms. The van der Waals surface area contributed by atoms with Gasteiger partial charge in [0, 0.05) is 25.0 Å². The van der Waals surface area contributed by atoms with Gasteiger partial charge < -0.3 is 14.6 Å². The molecule has 1 aliphatic carbocycles. The molecular weight excluding hydrogens is 244 g/mol. The van der Waals surface area contributed by atoms with Crippen molar-refractivity contribution in [2.45, 2.75) is 31.8 Å². The first-order valence-electron chi connectivity index (χ1n) is 6.65. The van der Waals surface area contributed by atoms with Gasteiger partial charge in [-0.2, -0.15) is 0 Å². The fraction of sp³-hybridized carbons (Fsp3) is 0.533. The number of para-hydroxylation sites is 1. The maximum atomic E-state index is 11.9. The number of hydrogen-bond acceptors (Lipinski definition) is 4. The number of rotatable bonds is 5. The molecule has 1 aromatic carbocycles. The highest BCUT2D eigenvalue weighted by Crippen LogP contribution is 2.36. The van der Waals surface area contributed by atoms with Crippen LogP contribution in [-0.2, 0) is 9.53 Å². The van der Waals surface area contributed by atoms with Gasteiger partial charge >= 0.3 is 0 Å². The number of ketones is 1. The number of benzene rings is 1. The summed E-state index contributed by atoms with van der Waals surface area (Å²) in [6, 6.07) is 7.26. The zero-order valence-corrected chi connectivity index (χ0v) is 11.2. The lowest BCUT2D eigenvalue weighted by molar-refractivity contribution is -0.128. The molecular formula is C15H20O4. The molecule has 4 heteroatoms. The molecule has 0 aromatic heterocycles. The average Bonchev–Trinajstić information content (AvgIpc) is 2.45. The minimum absolute atomic E-state index is 0.127. The molecule has 0 bridgehead atoms. The lowest BCUT2D eigenvalue weighted by Crippen LogP contribution is -2.26. The van der Waals surface area contributed by atoms with Gasteiger partial charge in [0.1, 0.15) is 11.5 Å². The fourth-order valence-electron chi connectivity index (χ4n) is 2.54. The van der Waals surface area contributed by atoms with Crippen LogP contribution in [-0.4, -0.2) is 24.8 Å². The summed E-state index contributed by atoms with van der Waals surface area (Å²) in [5, 5.41) is 10.5. The van der Waals surface area contributed by atoms with Crippen LogP contribution in [0.4, 0.5) is 0 Å². The molecule has 2 rings (SSSR count). The predicted molar refractivity (Wildman–Crippen MR) is 70.9 cm³/mol. The van der Waals surface area contributed by atoms with Crippen molar-refractivity contribution in [2.75, 3.05) is 13.9 Å².